The summed E-state index contributed by atoms with van der Waals surface area (Å²) in [7, 11) is 0. The molecule has 3 atom stereocenters. The Morgan fingerprint density at radius 2 is 1.00 bits per heavy atom. The van der Waals surface area contributed by atoms with Crippen LogP contribution in [0.15, 0.2) is 72.9 Å². The Kier molecular flexibility index (Phi) is 39.3. The maximum absolute atomic E-state index is 12.2. The van der Waals surface area contributed by atoms with E-state index in [9.17, 15) is 24.9 Å². The Hall–Kier alpha value is -2.74. The maximum atomic E-state index is 12.2. The van der Waals surface area contributed by atoms with Crippen LogP contribution >= 0.6 is 0 Å². The first kappa shape index (κ1) is 51.3. The standard InChI is InChI=1S/C47H80O7/c1-3-5-7-8-9-10-11-12-13-14-15-16-17-18-19-20-21-26-34-40-47(52)54-45(41-48)42-53-46(51)39-33-25-23-22-24-30-36-44(50)38-32-28-27-31-37-43(49)35-29-6-4-2/h6,23-25,27-32,37-38,43-45,48-50H,3-5,7-22,26,33-36,39-42H2,1-2H3/b25-23-,28-27-,29-6-,30-24-,37-31+,38-32+/t43-,44+,45+/m1/s1. The molecular formula is C47H80O7. The van der Waals surface area contributed by atoms with Gasteiger partial charge >= 0.3 is 11.9 Å². The molecule has 0 aliphatic heterocycles. The van der Waals surface area contributed by atoms with Gasteiger partial charge in [-0.3, -0.25) is 9.59 Å². The van der Waals surface area contributed by atoms with Gasteiger partial charge in [0.2, 0.25) is 0 Å². The van der Waals surface area contributed by atoms with Gasteiger partial charge in [0, 0.05) is 12.8 Å². The molecule has 0 aromatic carbocycles. The average Bonchev–Trinajstić information content (AvgIpc) is 3.16. The van der Waals surface area contributed by atoms with Gasteiger partial charge in [-0.1, -0.05) is 202 Å². The molecule has 310 valence electrons. The molecule has 0 unspecified atom stereocenters. The van der Waals surface area contributed by atoms with Crippen molar-refractivity contribution in [3.05, 3.63) is 72.9 Å². The molecule has 0 saturated carbocycles. The first-order valence-electron chi connectivity index (χ1n) is 21.7. The van der Waals surface area contributed by atoms with Crippen LogP contribution in [0.3, 0.4) is 0 Å². The zero-order chi connectivity index (χ0) is 39.6. The zero-order valence-electron chi connectivity index (χ0n) is 34.4. The fourth-order valence-electron chi connectivity index (χ4n) is 5.87. The molecule has 0 rings (SSSR count). The summed E-state index contributed by atoms with van der Waals surface area (Å²) in [6.07, 6.45) is 49.0. The maximum Gasteiger partial charge on any atom is 0.306 e. The normalized spacial score (nSPS) is 14.1. The lowest BCUT2D eigenvalue weighted by Crippen LogP contribution is -2.28. The number of allylic oxidation sites excluding steroid dienone is 8. The Balaban J connectivity index is 3.76. The van der Waals surface area contributed by atoms with Crippen molar-refractivity contribution in [3.8, 4) is 0 Å². The third-order valence-corrected chi connectivity index (χ3v) is 9.19. The van der Waals surface area contributed by atoms with Gasteiger partial charge in [-0.25, -0.2) is 0 Å². The van der Waals surface area contributed by atoms with Crippen LogP contribution in [-0.2, 0) is 19.1 Å². The van der Waals surface area contributed by atoms with E-state index in [4.69, 9.17) is 9.47 Å². The highest BCUT2D eigenvalue weighted by Gasteiger charge is 2.16. The van der Waals surface area contributed by atoms with Crippen molar-refractivity contribution in [2.75, 3.05) is 13.2 Å². The second-order valence-electron chi connectivity index (χ2n) is 14.4. The molecule has 3 N–H and O–H groups in total. The highest BCUT2D eigenvalue weighted by Crippen LogP contribution is 2.15. The Morgan fingerprint density at radius 3 is 1.48 bits per heavy atom. The molecule has 0 aromatic heterocycles. The minimum atomic E-state index is -0.836. The van der Waals surface area contributed by atoms with Gasteiger partial charge in [0.1, 0.15) is 6.61 Å². The zero-order valence-corrected chi connectivity index (χ0v) is 34.4. The van der Waals surface area contributed by atoms with Crippen molar-refractivity contribution in [2.45, 2.75) is 199 Å². The third-order valence-electron chi connectivity index (χ3n) is 9.19. The van der Waals surface area contributed by atoms with Crippen molar-refractivity contribution >= 4 is 11.9 Å². The smallest absolute Gasteiger partial charge is 0.306 e. The van der Waals surface area contributed by atoms with Crippen LogP contribution in [0.25, 0.3) is 0 Å². The first-order chi connectivity index (χ1) is 26.4. The van der Waals surface area contributed by atoms with Crippen molar-refractivity contribution in [1.82, 2.24) is 0 Å². The van der Waals surface area contributed by atoms with Crippen LogP contribution in [0.2, 0.25) is 0 Å². The SMILES string of the molecule is CC/C=C\C[C@@H](O)/C=C/C=C\C=C\[C@@H](O)C/C=C\C/C=C\CCC(=O)OC[C@H](CO)OC(=O)CCCCCCCCCCCCCCCCCCCCC. The predicted octanol–water partition coefficient (Wildman–Crippen LogP) is 11.7. The van der Waals surface area contributed by atoms with Gasteiger partial charge in [-0.15, -0.1) is 0 Å². The number of hydrogen-bond acceptors (Lipinski definition) is 7. The molecule has 0 aromatic rings. The summed E-state index contributed by atoms with van der Waals surface area (Å²) in [4.78, 5) is 24.3. The van der Waals surface area contributed by atoms with Gasteiger partial charge in [-0.2, -0.15) is 0 Å². The number of carbonyl (C=O) groups is 2. The monoisotopic (exact) mass is 757 g/mol. The van der Waals surface area contributed by atoms with Crippen molar-refractivity contribution in [1.29, 1.82) is 0 Å². The van der Waals surface area contributed by atoms with Crippen LogP contribution in [0.5, 0.6) is 0 Å². The number of aliphatic hydroxyl groups excluding tert-OH is 3. The van der Waals surface area contributed by atoms with Crippen molar-refractivity contribution < 1.29 is 34.4 Å². The van der Waals surface area contributed by atoms with Gasteiger partial charge in [0.15, 0.2) is 6.10 Å². The van der Waals surface area contributed by atoms with Crippen molar-refractivity contribution in [2.24, 2.45) is 0 Å². The van der Waals surface area contributed by atoms with E-state index in [2.05, 4.69) is 13.8 Å². The molecular weight excluding hydrogens is 677 g/mol. The average molecular weight is 757 g/mol. The molecule has 54 heavy (non-hydrogen) atoms. The number of hydrogen-bond donors (Lipinski definition) is 3. The molecule has 0 heterocycles. The van der Waals surface area contributed by atoms with E-state index in [0.717, 1.165) is 25.7 Å². The molecule has 7 heteroatoms. The highest BCUT2D eigenvalue weighted by atomic mass is 16.6. The van der Waals surface area contributed by atoms with E-state index in [-0.39, 0.29) is 25.6 Å². The quantitative estimate of drug-likeness (QED) is 0.0249. The number of aliphatic hydroxyl groups is 3. The highest BCUT2D eigenvalue weighted by molar-refractivity contribution is 5.70. The second-order valence-corrected chi connectivity index (χ2v) is 14.4. The van der Waals surface area contributed by atoms with Gasteiger partial charge in [0.25, 0.3) is 0 Å². The minimum Gasteiger partial charge on any atom is -0.462 e. The molecule has 0 aliphatic carbocycles. The van der Waals surface area contributed by atoms with Crippen LogP contribution in [0, 0.1) is 0 Å². The van der Waals surface area contributed by atoms with Crippen LogP contribution in [-0.4, -0.2) is 58.8 Å². The number of esters is 2. The first-order valence-corrected chi connectivity index (χ1v) is 21.7. The summed E-state index contributed by atoms with van der Waals surface area (Å²) in [6.45, 7) is 3.81. The summed E-state index contributed by atoms with van der Waals surface area (Å²) in [6, 6.07) is 0. The van der Waals surface area contributed by atoms with E-state index in [0.29, 0.717) is 32.1 Å². The van der Waals surface area contributed by atoms with E-state index in [1.807, 2.05) is 48.6 Å². The summed E-state index contributed by atoms with van der Waals surface area (Å²) >= 11 is 0. The number of ether oxygens (including phenoxy) is 2. The summed E-state index contributed by atoms with van der Waals surface area (Å²) in [5.74, 6) is -0.757. The minimum absolute atomic E-state index is 0.143. The topological polar surface area (TPSA) is 113 Å². The van der Waals surface area contributed by atoms with Crippen molar-refractivity contribution in [3.63, 3.8) is 0 Å². The molecule has 0 bridgehead atoms. The van der Waals surface area contributed by atoms with Crippen LogP contribution < -0.4 is 0 Å². The lowest BCUT2D eigenvalue weighted by molar-refractivity contribution is -0.161. The summed E-state index contributed by atoms with van der Waals surface area (Å²) < 4.78 is 10.5. The molecule has 0 saturated heterocycles. The lowest BCUT2D eigenvalue weighted by atomic mass is 10.0. The van der Waals surface area contributed by atoms with E-state index in [1.54, 1.807) is 24.3 Å². The van der Waals surface area contributed by atoms with Gasteiger partial charge in [0.05, 0.1) is 18.8 Å². The summed E-state index contributed by atoms with van der Waals surface area (Å²) in [5, 5.41) is 29.4. The van der Waals surface area contributed by atoms with E-state index < -0.39 is 24.3 Å². The number of unbranched alkanes of at least 4 members (excludes halogenated alkanes) is 18. The Bertz CT molecular complexity index is 1030. The lowest BCUT2D eigenvalue weighted by Gasteiger charge is -2.15. The molecule has 0 radical (unpaired) electrons. The second kappa shape index (κ2) is 41.4. The molecule has 0 spiro atoms. The van der Waals surface area contributed by atoms with Crippen LogP contribution in [0.4, 0.5) is 0 Å². The molecule has 0 amide bonds. The predicted molar refractivity (Wildman–Crippen MR) is 226 cm³/mol. The Morgan fingerprint density at radius 1 is 0.537 bits per heavy atom. The van der Waals surface area contributed by atoms with Gasteiger partial charge in [-0.05, 0) is 38.5 Å². The Labute approximate surface area is 330 Å². The molecule has 7 nitrogen and oxygen atoms in total. The number of rotatable bonds is 38. The van der Waals surface area contributed by atoms with E-state index >= 15 is 0 Å². The number of carbonyl (C=O) groups excluding carboxylic acids is 2. The fraction of sp³-hybridized carbons (Fsp3) is 0.702. The van der Waals surface area contributed by atoms with Gasteiger partial charge < -0.3 is 24.8 Å². The van der Waals surface area contributed by atoms with E-state index in [1.165, 1.54) is 103 Å². The van der Waals surface area contributed by atoms with Crippen LogP contribution in [0.1, 0.15) is 181 Å². The molecule has 0 fully saturated rings. The molecule has 0 aliphatic rings. The summed E-state index contributed by atoms with van der Waals surface area (Å²) in [5.41, 5.74) is 0. The third kappa shape index (κ3) is 39.0. The largest absolute Gasteiger partial charge is 0.462 e. The fourth-order valence-corrected chi connectivity index (χ4v) is 5.87.